The summed E-state index contributed by atoms with van der Waals surface area (Å²) >= 11 is 3.10. The quantitative estimate of drug-likeness (QED) is 0.0919. The number of ether oxygens (including phenoxy) is 4. The molecule has 4 aliphatic rings. The van der Waals surface area contributed by atoms with Crippen molar-refractivity contribution in [1.82, 2.24) is 10.2 Å². The Labute approximate surface area is 441 Å². The van der Waals surface area contributed by atoms with Gasteiger partial charge in [-0.2, -0.15) is 31.6 Å². The number of halogens is 13. The minimum Gasteiger partial charge on any atom is -0.493 e. The summed E-state index contributed by atoms with van der Waals surface area (Å²) < 4.78 is 171. The summed E-state index contributed by atoms with van der Waals surface area (Å²) in [5.74, 6) is 0.518. The Hall–Kier alpha value is -5.53. The lowest BCUT2D eigenvalue weighted by molar-refractivity contribution is -0.276. The molecule has 8 rings (SSSR count). The molecule has 2 saturated carbocycles. The van der Waals surface area contributed by atoms with Gasteiger partial charge in [-0.3, -0.25) is 14.5 Å². The molecule has 76 heavy (non-hydrogen) atoms. The van der Waals surface area contributed by atoms with Crippen LogP contribution in [0.5, 0.6) is 23.0 Å². The van der Waals surface area contributed by atoms with Crippen molar-refractivity contribution in [3.8, 4) is 29.1 Å². The predicted octanol–water partition coefficient (Wildman–Crippen LogP) is 14.0. The van der Waals surface area contributed by atoms with Gasteiger partial charge in [0.15, 0.2) is 11.6 Å². The highest BCUT2D eigenvalue weighted by Crippen LogP contribution is 2.50. The second-order valence-electron chi connectivity index (χ2n) is 18.8. The minimum absolute atomic E-state index is 0.0760. The van der Waals surface area contributed by atoms with E-state index >= 15 is 0 Å². The van der Waals surface area contributed by atoms with Crippen LogP contribution in [-0.2, 0) is 32.8 Å². The number of hydrogen-bond donors (Lipinski definition) is 1. The van der Waals surface area contributed by atoms with Gasteiger partial charge < -0.3 is 24.3 Å². The van der Waals surface area contributed by atoms with E-state index in [1.807, 2.05) is 4.90 Å². The molecule has 1 N–H and O–H groups in total. The van der Waals surface area contributed by atoms with E-state index in [9.17, 15) is 62.3 Å². The van der Waals surface area contributed by atoms with Crippen molar-refractivity contribution in [2.45, 2.75) is 107 Å². The summed E-state index contributed by atoms with van der Waals surface area (Å²) in [5.41, 5.74) is -2.60. The van der Waals surface area contributed by atoms with E-state index in [1.54, 1.807) is 24.3 Å². The number of carbonyl (C=O) groups excluding carboxylic acids is 2. The Morgan fingerprint density at radius 1 is 0.632 bits per heavy atom. The highest BCUT2D eigenvalue weighted by atomic mass is 79.9. The maximum absolute atomic E-state index is 13.4. The summed E-state index contributed by atoms with van der Waals surface area (Å²) in [6, 6.07) is 22.8. The van der Waals surface area contributed by atoms with Crippen molar-refractivity contribution >= 4 is 27.5 Å². The van der Waals surface area contributed by atoms with E-state index in [2.05, 4.69) is 30.7 Å². The molecule has 22 heteroatoms. The number of ketones is 2. The number of nitrogens with zero attached hydrogens (tertiary/aromatic N) is 2. The highest BCUT2D eigenvalue weighted by Gasteiger charge is 2.49. The number of nitriles is 1. The van der Waals surface area contributed by atoms with Gasteiger partial charge in [0, 0.05) is 43.0 Å². The van der Waals surface area contributed by atoms with Gasteiger partial charge in [0.25, 0.3) is 0 Å². The molecular formula is C54H58BrF12N3O6. The Morgan fingerprint density at radius 2 is 1.05 bits per heavy atom. The Balaban J connectivity index is 0.000000224. The van der Waals surface area contributed by atoms with Gasteiger partial charge in [-0.05, 0) is 125 Å². The second kappa shape index (κ2) is 27.2. The zero-order valence-corrected chi connectivity index (χ0v) is 43.0. The largest absolute Gasteiger partial charge is 0.573 e. The SMILES string of the molecule is CC#N.FC(F)(F)c1ccc(OCC2CCCNC2)cc1.O=C(CBr)C1(c2ccccc2OC(F)(F)F)CCC1.O=C(CN1CCCC(COc2ccc(C(F)(F)F)cc2)C1)C1(c2ccccc2OC(F)(F)F)CCC1. The maximum atomic E-state index is 13.4. The number of benzene rings is 4. The van der Waals surface area contributed by atoms with Crippen LogP contribution in [0, 0.1) is 23.2 Å². The lowest BCUT2D eigenvalue weighted by atomic mass is 9.61. The van der Waals surface area contributed by atoms with Crippen molar-refractivity contribution in [1.29, 1.82) is 5.26 Å². The lowest BCUT2D eigenvalue weighted by Gasteiger charge is -2.43. The standard InChI is InChI=1S/C26H27F6NO3.C13H12BrF3O2.C13H16F3NO.C2H3N/c27-25(28,29)19-8-10-20(11-9-19)35-17-18-5-3-14-33(15-18)16-23(34)24(12-4-13-24)21-6-1-2-7-22(21)36-26(30,31)32;14-8-11(18)12(6-3-7-12)9-4-1-2-5-10(9)19-13(15,16)17;14-13(15,16)11-3-5-12(6-4-11)18-9-10-2-1-7-17-8-10;1-2-3/h1-2,6-11,18H,3-5,12-17H2;1-2,4-5H,3,6-8H2;3-6,10,17H,1-2,7-9H2;1H3. The van der Waals surface area contributed by atoms with Crippen molar-refractivity contribution in [2.24, 2.45) is 11.8 Å². The van der Waals surface area contributed by atoms with E-state index in [0.717, 1.165) is 75.9 Å². The van der Waals surface area contributed by atoms with Crippen LogP contribution in [0.25, 0.3) is 0 Å². The zero-order valence-electron chi connectivity index (χ0n) is 41.4. The fourth-order valence-electron chi connectivity index (χ4n) is 9.50. The van der Waals surface area contributed by atoms with Crippen LogP contribution in [-0.4, -0.2) is 80.5 Å². The maximum Gasteiger partial charge on any atom is 0.573 e. The monoisotopic (exact) mass is 1150 g/mol. The van der Waals surface area contributed by atoms with Gasteiger partial charge in [0.2, 0.25) is 0 Å². The van der Waals surface area contributed by atoms with Gasteiger partial charge in [-0.25, -0.2) is 0 Å². The number of piperidine rings is 2. The number of rotatable bonds is 15. The van der Waals surface area contributed by atoms with Crippen LogP contribution in [0.1, 0.15) is 93.4 Å². The van der Waals surface area contributed by atoms with Crippen LogP contribution in [0.15, 0.2) is 97.1 Å². The number of Topliss-reactive ketones (excluding diaryl/α,β-unsaturated/α-hetero) is 2. The molecule has 2 heterocycles. The van der Waals surface area contributed by atoms with Crippen molar-refractivity contribution in [2.75, 3.05) is 51.3 Å². The molecule has 2 aliphatic carbocycles. The van der Waals surface area contributed by atoms with E-state index in [4.69, 9.17) is 14.7 Å². The Bertz CT molecular complexity index is 2500. The number of hydrogen-bond acceptors (Lipinski definition) is 9. The molecule has 4 aromatic carbocycles. The van der Waals surface area contributed by atoms with Gasteiger partial charge in [0.1, 0.15) is 23.0 Å². The molecule has 9 nitrogen and oxygen atoms in total. The molecule has 416 valence electrons. The van der Waals surface area contributed by atoms with E-state index in [1.165, 1.54) is 61.5 Å². The van der Waals surface area contributed by atoms with E-state index in [0.29, 0.717) is 75.0 Å². The van der Waals surface area contributed by atoms with Gasteiger partial charge in [0.05, 0.1) is 53.1 Å². The third-order valence-electron chi connectivity index (χ3n) is 13.6. The number of likely N-dealkylation sites (tertiary alicyclic amines) is 1. The predicted molar refractivity (Wildman–Crippen MR) is 261 cm³/mol. The van der Waals surface area contributed by atoms with Crippen LogP contribution < -0.4 is 24.3 Å². The van der Waals surface area contributed by atoms with E-state index < -0.39 is 47.0 Å². The Morgan fingerprint density at radius 3 is 1.43 bits per heavy atom. The Kier molecular flexibility index (Phi) is 21.9. The zero-order chi connectivity index (χ0) is 55.8. The molecule has 2 atom stereocenters. The van der Waals surface area contributed by atoms with Crippen molar-refractivity contribution in [3.05, 3.63) is 119 Å². The second-order valence-corrected chi connectivity index (χ2v) is 19.3. The third-order valence-corrected chi connectivity index (χ3v) is 14.1. The fraction of sp³-hybridized carbons (Fsp3) is 0.500. The number of nitrogens with one attached hydrogen (secondary N) is 1. The summed E-state index contributed by atoms with van der Waals surface area (Å²) in [4.78, 5) is 27.5. The molecule has 0 spiro atoms. The molecule has 2 aliphatic heterocycles. The first-order chi connectivity index (χ1) is 35.8. The molecule has 0 amide bonds. The van der Waals surface area contributed by atoms with Crippen molar-refractivity contribution in [3.63, 3.8) is 0 Å². The molecule has 0 bridgehead atoms. The summed E-state index contributed by atoms with van der Waals surface area (Å²) in [5, 5.41) is 10.7. The number of para-hydroxylation sites is 2. The first kappa shape index (κ1) is 61.3. The van der Waals surface area contributed by atoms with E-state index in [-0.39, 0.29) is 46.4 Å². The van der Waals surface area contributed by atoms with Crippen LogP contribution in [0.2, 0.25) is 0 Å². The minimum atomic E-state index is -4.85. The molecule has 4 aromatic rings. The van der Waals surface area contributed by atoms with Gasteiger partial charge in [-0.15, -0.1) is 26.3 Å². The molecule has 0 aromatic heterocycles. The highest BCUT2D eigenvalue weighted by molar-refractivity contribution is 9.09. The molecule has 2 saturated heterocycles. The topological polar surface area (TPSA) is 110 Å². The smallest absolute Gasteiger partial charge is 0.493 e. The molecular weight excluding hydrogens is 1090 g/mol. The van der Waals surface area contributed by atoms with Crippen LogP contribution in [0.3, 0.4) is 0 Å². The van der Waals surface area contributed by atoms with Crippen LogP contribution in [0.4, 0.5) is 52.7 Å². The first-order valence-electron chi connectivity index (χ1n) is 24.5. The molecule has 4 fully saturated rings. The summed E-state index contributed by atoms with van der Waals surface area (Å²) in [6.45, 7) is 5.58. The average Bonchev–Trinajstić information content (AvgIpc) is 3.33. The molecule has 2 unspecified atom stereocenters. The van der Waals surface area contributed by atoms with Gasteiger partial charge in [-0.1, -0.05) is 65.2 Å². The third kappa shape index (κ3) is 17.8. The molecule has 0 radical (unpaired) electrons. The first-order valence-corrected chi connectivity index (χ1v) is 25.6. The number of carbonyl (C=O) groups is 2. The van der Waals surface area contributed by atoms with Crippen molar-refractivity contribution < 1.29 is 81.2 Å². The lowest BCUT2D eigenvalue weighted by Crippen LogP contribution is -2.50. The summed E-state index contributed by atoms with van der Waals surface area (Å²) in [7, 11) is 0. The average molecular weight is 1150 g/mol. The number of alkyl halides is 13. The normalized spacial score (nSPS) is 19.1. The fourth-order valence-corrected chi connectivity index (χ4v) is 10.0. The van der Waals surface area contributed by atoms with Crippen LogP contribution >= 0.6 is 15.9 Å². The van der Waals surface area contributed by atoms with Gasteiger partial charge >= 0.3 is 25.1 Å². The summed E-state index contributed by atoms with van der Waals surface area (Å²) in [6.07, 6.45) is -10.8.